The number of carbonyl (C=O) groups is 3. The first kappa shape index (κ1) is 18.1. The molecule has 1 aliphatic heterocycles. The highest BCUT2D eigenvalue weighted by Crippen LogP contribution is 2.67. The molecule has 3 aromatic carbocycles. The molecule has 31 heavy (non-hydrogen) atoms. The number of imide groups is 1. The summed E-state index contributed by atoms with van der Waals surface area (Å²) in [5, 5.41) is 9.19. The average molecular weight is 409 g/mol. The van der Waals surface area contributed by atoms with E-state index in [1.54, 1.807) is 12.1 Å². The third-order valence-corrected chi connectivity index (χ3v) is 7.39. The summed E-state index contributed by atoms with van der Waals surface area (Å²) in [7, 11) is 0. The molecule has 0 unspecified atom stereocenters. The van der Waals surface area contributed by atoms with Crippen LogP contribution in [0.25, 0.3) is 0 Å². The quantitative estimate of drug-likeness (QED) is 0.645. The molecule has 5 nitrogen and oxygen atoms in total. The summed E-state index contributed by atoms with van der Waals surface area (Å²) < 4.78 is 0. The fourth-order valence-electron chi connectivity index (χ4n) is 6.11. The van der Waals surface area contributed by atoms with Gasteiger partial charge in [0.25, 0.3) is 0 Å². The van der Waals surface area contributed by atoms with Gasteiger partial charge in [-0.1, -0.05) is 48.5 Å². The molecule has 2 amide bonds. The molecule has 1 N–H and O–H groups in total. The second-order valence-corrected chi connectivity index (χ2v) is 8.76. The van der Waals surface area contributed by atoms with Gasteiger partial charge in [0, 0.05) is 11.8 Å². The number of hydrogen-bond donors (Lipinski definition) is 1. The molecule has 152 valence electrons. The Morgan fingerprint density at radius 1 is 0.839 bits per heavy atom. The Morgan fingerprint density at radius 3 is 1.87 bits per heavy atom. The minimum Gasteiger partial charge on any atom is -0.478 e. The summed E-state index contributed by atoms with van der Waals surface area (Å²) in [6.45, 7) is 1.92. The van der Waals surface area contributed by atoms with Gasteiger partial charge < -0.3 is 5.11 Å². The molecule has 7 rings (SSSR count). The number of carbonyl (C=O) groups excluding carboxylic acids is 2. The van der Waals surface area contributed by atoms with E-state index >= 15 is 0 Å². The number of carboxylic acid groups (broad SMARTS) is 1. The van der Waals surface area contributed by atoms with Crippen LogP contribution in [0.1, 0.15) is 51.4 Å². The Hall–Kier alpha value is -3.73. The fraction of sp³-hybridized carbons (Fsp3) is 0.192. The number of anilines is 1. The molecule has 2 bridgehead atoms. The van der Waals surface area contributed by atoms with Gasteiger partial charge in [-0.3, -0.25) is 9.59 Å². The first-order chi connectivity index (χ1) is 14.9. The van der Waals surface area contributed by atoms with E-state index in [9.17, 15) is 19.5 Å². The van der Waals surface area contributed by atoms with Crippen LogP contribution in [0.5, 0.6) is 0 Å². The zero-order valence-electron chi connectivity index (χ0n) is 16.8. The van der Waals surface area contributed by atoms with Crippen LogP contribution in [0, 0.1) is 11.3 Å². The van der Waals surface area contributed by atoms with Crippen molar-refractivity contribution < 1.29 is 19.5 Å². The number of carboxylic acids is 1. The molecule has 0 spiro atoms. The van der Waals surface area contributed by atoms with Gasteiger partial charge in [-0.15, -0.1) is 0 Å². The van der Waals surface area contributed by atoms with E-state index in [-0.39, 0.29) is 29.2 Å². The van der Waals surface area contributed by atoms with Crippen LogP contribution in [-0.4, -0.2) is 22.9 Å². The summed E-state index contributed by atoms with van der Waals surface area (Å²) in [4.78, 5) is 40.2. The van der Waals surface area contributed by atoms with Crippen LogP contribution in [-0.2, 0) is 9.59 Å². The van der Waals surface area contributed by atoms with Crippen LogP contribution in [0.15, 0.2) is 72.8 Å². The molecular formula is C26H19NO4. The van der Waals surface area contributed by atoms with E-state index in [4.69, 9.17) is 0 Å². The normalized spacial score (nSPS) is 27.6. The Morgan fingerprint density at radius 2 is 1.35 bits per heavy atom. The average Bonchev–Trinajstić information content (AvgIpc) is 2.99. The lowest BCUT2D eigenvalue weighted by Crippen LogP contribution is -2.49. The van der Waals surface area contributed by atoms with Gasteiger partial charge in [-0.25, -0.2) is 9.69 Å². The first-order valence-electron chi connectivity index (χ1n) is 10.3. The number of rotatable bonds is 2. The number of benzene rings is 3. The van der Waals surface area contributed by atoms with Gasteiger partial charge in [0.15, 0.2) is 0 Å². The third-order valence-electron chi connectivity index (χ3n) is 7.39. The lowest BCUT2D eigenvalue weighted by atomic mass is 9.48. The maximum Gasteiger partial charge on any atom is 0.335 e. The SMILES string of the molecule is C[C@]12C(=O)N(c3ccc(C(=O)O)cc3)C(=O)[C@H]1C1c3ccccc3C2c2ccccc21. The molecular weight excluding hydrogens is 390 g/mol. The van der Waals surface area contributed by atoms with Crippen LogP contribution < -0.4 is 4.90 Å². The van der Waals surface area contributed by atoms with Crippen LogP contribution in [0.2, 0.25) is 0 Å². The van der Waals surface area contributed by atoms with Crippen LogP contribution in [0.4, 0.5) is 5.69 Å². The fourth-order valence-corrected chi connectivity index (χ4v) is 6.11. The molecule has 3 aliphatic carbocycles. The number of aromatic carboxylic acids is 1. The maximum atomic E-state index is 13.9. The minimum atomic E-state index is -1.05. The molecule has 3 aromatic rings. The van der Waals surface area contributed by atoms with Gasteiger partial charge in [-0.05, 0) is 53.4 Å². The van der Waals surface area contributed by atoms with Crippen molar-refractivity contribution in [1.29, 1.82) is 0 Å². The summed E-state index contributed by atoms with van der Waals surface area (Å²) in [5.41, 5.74) is 4.13. The van der Waals surface area contributed by atoms with Crippen molar-refractivity contribution in [2.24, 2.45) is 11.3 Å². The van der Waals surface area contributed by atoms with Gasteiger partial charge in [0.05, 0.1) is 22.6 Å². The Kier molecular flexibility index (Phi) is 3.45. The molecule has 4 aliphatic rings. The predicted molar refractivity (Wildman–Crippen MR) is 114 cm³/mol. The van der Waals surface area contributed by atoms with Gasteiger partial charge >= 0.3 is 5.97 Å². The van der Waals surface area contributed by atoms with Gasteiger partial charge in [-0.2, -0.15) is 0 Å². The Bertz CT molecular complexity index is 1250. The molecule has 1 saturated heterocycles. The zero-order valence-corrected chi connectivity index (χ0v) is 16.8. The van der Waals surface area contributed by atoms with Crippen molar-refractivity contribution in [2.45, 2.75) is 18.8 Å². The molecule has 1 fully saturated rings. The minimum absolute atomic E-state index is 0.117. The summed E-state index contributed by atoms with van der Waals surface area (Å²) in [6, 6.07) is 22.2. The van der Waals surface area contributed by atoms with E-state index in [2.05, 4.69) is 24.3 Å². The van der Waals surface area contributed by atoms with Crippen LogP contribution in [0.3, 0.4) is 0 Å². The standard InChI is InChI=1S/C26H19NO4/c1-26-21-18-8-4-2-6-16(18)20(17-7-3-5-9-19(17)21)22(26)23(28)27(25(26)31)15-12-10-14(11-13-15)24(29)30/h2-13,20-22H,1H3,(H,29,30)/t20?,21?,22-,26-/m1/s1. The van der Waals surface area contributed by atoms with E-state index in [1.807, 2.05) is 31.2 Å². The predicted octanol–water partition coefficient (Wildman–Crippen LogP) is 4.17. The van der Waals surface area contributed by atoms with Gasteiger partial charge in [0.1, 0.15) is 0 Å². The highest BCUT2D eigenvalue weighted by Gasteiger charge is 2.68. The van der Waals surface area contributed by atoms with Crippen molar-refractivity contribution in [3.05, 3.63) is 101 Å². The third kappa shape index (κ3) is 2.08. The molecule has 0 aromatic heterocycles. The maximum absolute atomic E-state index is 13.9. The second-order valence-electron chi connectivity index (χ2n) is 8.76. The van der Waals surface area contributed by atoms with Crippen molar-refractivity contribution in [2.75, 3.05) is 4.90 Å². The van der Waals surface area contributed by atoms with Crippen molar-refractivity contribution in [3.8, 4) is 0 Å². The topological polar surface area (TPSA) is 74.7 Å². The van der Waals surface area contributed by atoms with Crippen molar-refractivity contribution in [1.82, 2.24) is 0 Å². The van der Waals surface area contributed by atoms with Crippen molar-refractivity contribution >= 4 is 23.5 Å². The van der Waals surface area contributed by atoms with Gasteiger partial charge in [0.2, 0.25) is 11.8 Å². The monoisotopic (exact) mass is 409 g/mol. The summed E-state index contributed by atoms with van der Waals surface area (Å²) in [6.07, 6.45) is 0. The summed E-state index contributed by atoms with van der Waals surface area (Å²) in [5.74, 6) is -2.35. The summed E-state index contributed by atoms with van der Waals surface area (Å²) >= 11 is 0. The molecule has 2 atom stereocenters. The number of nitrogens with zero attached hydrogens (tertiary/aromatic N) is 1. The van der Waals surface area contributed by atoms with E-state index in [0.717, 1.165) is 22.3 Å². The van der Waals surface area contributed by atoms with Crippen LogP contribution >= 0.6 is 0 Å². The second kappa shape index (κ2) is 5.91. The molecule has 0 radical (unpaired) electrons. The lowest BCUT2D eigenvalue weighted by molar-refractivity contribution is -0.128. The number of hydrogen-bond acceptors (Lipinski definition) is 3. The zero-order chi connectivity index (χ0) is 21.5. The highest BCUT2D eigenvalue weighted by atomic mass is 16.4. The van der Waals surface area contributed by atoms with E-state index < -0.39 is 17.3 Å². The Labute approximate surface area is 178 Å². The smallest absolute Gasteiger partial charge is 0.335 e. The van der Waals surface area contributed by atoms with E-state index in [1.165, 1.54) is 17.0 Å². The molecule has 0 saturated carbocycles. The largest absolute Gasteiger partial charge is 0.478 e. The first-order valence-corrected chi connectivity index (χ1v) is 10.3. The van der Waals surface area contributed by atoms with Crippen molar-refractivity contribution in [3.63, 3.8) is 0 Å². The Balaban J connectivity index is 1.56. The highest BCUT2D eigenvalue weighted by molar-refractivity contribution is 6.25. The number of amides is 2. The molecule has 1 heterocycles. The van der Waals surface area contributed by atoms with E-state index in [0.29, 0.717) is 5.69 Å². The lowest BCUT2D eigenvalue weighted by Gasteiger charge is -2.51. The molecule has 5 heteroatoms.